The Kier molecular flexibility index (Phi) is 3.50. The summed E-state index contributed by atoms with van der Waals surface area (Å²) in [6, 6.07) is 6.04. The maximum absolute atomic E-state index is 12.2. The molecule has 1 amide bonds. The molecule has 4 N–H and O–H groups in total. The van der Waals surface area contributed by atoms with Crippen LogP contribution in [0.15, 0.2) is 29.2 Å². The van der Waals surface area contributed by atoms with Gasteiger partial charge in [0.2, 0.25) is 15.9 Å². The molecule has 1 saturated heterocycles. The molecule has 0 bridgehead atoms. The number of carbonyl (C=O) groups is 1. The smallest absolute Gasteiger partial charge is 0.243 e. The molecule has 7 nitrogen and oxygen atoms in total. The summed E-state index contributed by atoms with van der Waals surface area (Å²) in [7, 11) is -3.62. The summed E-state index contributed by atoms with van der Waals surface area (Å²) in [5.41, 5.74) is 3.04. The molecule has 1 aliphatic rings. The zero-order valence-corrected chi connectivity index (χ0v) is 10.4. The lowest BCUT2D eigenvalue weighted by molar-refractivity contribution is -0.122. The summed E-state index contributed by atoms with van der Waals surface area (Å²) in [6.45, 7) is 0.477. The molecule has 0 spiro atoms. The third-order valence-corrected chi connectivity index (χ3v) is 4.52. The van der Waals surface area contributed by atoms with E-state index in [1.165, 1.54) is 12.1 Å². The predicted octanol–water partition coefficient (Wildman–Crippen LogP) is -0.907. The number of hydrazine groups is 1. The van der Waals surface area contributed by atoms with Crippen LogP contribution >= 0.6 is 0 Å². The minimum absolute atomic E-state index is 0.140. The van der Waals surface area contributed by atoms with Crippen LogP contribution in [0.1, 0.15) is 0 Å². The van der Waals surface area contributed by atoms with Crippen LogP contribution in [0.3, 0.4) is 0 Å². The number of hydrogen-bond donors (Lipinski definition) is 3. The third kappa shape index (κ3) is 2.45. The molecule has 1 aromatic carbocycles. The maximum Gasteiger partial charge on any atom is 0.243 e. The first-order chi connectivity index (χ1) is 8.54. The number of benzene rings is 1. The highest BCUT2D eigenvalue weighted by Crippen LogP contribution is 2.18. The number of carbonyl (C=O) groups excluding carboxylic acids is 1. The molecule has 0 unspecified atom stereocenters. The van der Waals surface area contributed by atoms with Crippen molar-refractivity contribution in [2.45, 2.75) is 4.90 Å². The molecule has 1 aliphatic heterocycles. The number of sulfonamides is 1. The summed E-state index contributed by atoms with van der Waals surface area (Å²) in [5, 5.41) is 2.58. The van der Waals surface area contributed by atoms with Gasteiger partial charge in [0.05, 0.1) is 11.4 Å². The second-order valence-electron chi connectivity index (χ2n) is 3.86. The second kappa shape index (κ2) is 4.92. The first kappa shape index (κ1) is 12.8. The van der Waals surface area contributed by atoms with E-state index in [-0.39, 0.29) is 23.9 Å². The number of rotatable bonds is 3. The fourth-order valence-corrected chi connectivity index (χ4v) is 3.09. The van der Waals surface area contributed by atoms with Crippen LogP contribution in [0.25, 0.3) is 0 Å². The number of piperazine rings is 1. The van der Waals surface area contributed by atoms with E-state index in [4.69, 9.17) is 5.84 Å². The second-order valence-corrected chi connectivity index (χ2v) is 5.80. The summed E-state index contributed by atoms with van der Waals surface area (Å²) >= 11 is 0. The number of amides is 1. The third-order valence-electron chi connectivity index (χ3n) is 2.66. The molecule has 98 valence electrons. The quantitative estimate of drug-likeness (QED) is 0.487. The molecule has 1 fully saturated rings. The van der Waals surface area contributed by atoms with Gasteiger partial charge in [-0.15, -0.1) is 0 Å². The van der Waals surface area contributed by atoms with Crippen LogP contribution in [0.2, 0.25) is 0 Å². The van der Waals surface area contributed by atoms with Gasteiger partial charge >= 0.3 is 0 Å². The molecular formula is C10H14N4O3S. The molecule has 0 atom stereocenters. The highest BCUT2D eigenvalue weighted by Gasteiger charge is 2.28. The van der Waals surface area contributed by atoms with Crippen molar-refractivity contribution < 1.29 is 13.2 Å². The van der Waals surface area contributed by atoms with Gasteiger partial charge in [0.1, 0.15) is 0 Å². The van der Waals surface area contributed by atoms with Gasteiger partial charge in [-0.25, -0.2) is 8.42 Å². The summed E-state index contributed by atoms with van der Waals surface area (Å²) in [6.07, 6.45) is 0. The van der Waals surface area contributed by atoms with Gasteiger partial charge in [0, 0.05) is 18.8 Å². The Morgan fingerprint density at radius 1 is 1.28 bits per heavy atom. The van der Waals surface area contributed by atoms with Crippen molar-refractivity contribution in [1.82, 2.24) is 9.62 Å². The number of nitrogens with one attached hydrogen (secondary N) is 2. The average Bonchev–Trinajstić information content (AvgIpc) is 2.39. The largest absolute Gasteiger partial charge is 0.354 e. The molecule has 0 aromatic heterocycles. The van der Waals surface area contributed by atoms with Crippen LogP contribution in [0, 0.1) is 0 Å². The van der Waals surface area contributed by atoms with Crippen molar-refractivity contribution in [3.63, 3.8) is 0 Å². The molecular weight excluding hydrogens is 256 g/mol. The van der Waals surface area contributed by atoms with Gasteiger partial charge in [-0.3, -0.25) is 10.6 Å². The number of hydrogen-bond acceptors (Lipinski definition) is 5. The van der Waals surface area contributed by atoms with Gasteiger partial charge in [0.15, 0.2) is 0 Å². The summed E-state index contributed by atoms with van der Waals surface area (Å²) in [5.74, 6) is 4.92. The molecule has 0 saturated carbocycles. The van der Waals surface area contributed by atoms with E-state index >= 15 is 0 Å². The number of nitrogens with two attached hydrogens (primary N) is 1. The topological polar surface area (TPSA) is 105 Å². The molecule has 18 heavy (non-hydrogen) atoms. The Hall–Kier alpha value is -1.64. The lowest BCUT2D eigenvalue weighted by Gasteiger charge is -2.25. The SMILES string of the molecule is NNc1ccc(S(=O)(=O)N2CCNC(=O)C2)cc1. The van der Waals surface area contributed by atoms with E-state index in [1.807, 2.05) is 0 Å². The first-order valence-electron chi connectivity index (χ1n) is 5.37. The highest BCUT2D eigenvalue weighted by molar-refractivity contribution is 7.89. The fraction of sp³-hybridized carbons (Fsp3) is 0.300. The predicted molar refractivity (Wildman–Crippen MR) is 66.0 cm³/mol. The van der Waals surface area contributed by atoms with E-state index in [2.05, 4.69) is 10.7 Å². The Bertz CT molecular complexity index is 541. The average molecular weight is 270 g/mol. The van der Waals surface area contributed by atoms with Crippen molar-refractivity contribution >= 4 is 21.6 Å². The molecule has 1 heterocycles. The summed E-state index contributed by atoms with van der Waals surface area (Å²) < 4.78 is 25.6. The van der Waals surface area contributed by atoms with Crippen molar-refractivity contribution in [3.05, 3.63) is 24.3 Å². The van der Waals surface area contributed by atoms with Crippen molar-refractivity contribution in [2.75, 3.05) is 25.1 Å². The van der Waals surface area contributed by atoms with Gasteiger partial charge in [-0.2, -0.15) is 4.31 Å². The van der Waals surface area contributed by atoms with Crippen LogP contribution in [-0.2, 0) is 14.8 Å². The van der Waals surface area contributed by atoms with E-state index in [9.17, 15) is 13.2 Å². The van der Waals surface area contributed by atoms with Crippen molar-refractivity contribution in [1.29, 1.82) is 0 Å². The van der Waals surface area contributed by atoms with E-state index in [0.717, 1.165) is 4.31 Å². The molecule has 0 aliphatic carbocycles. The Morgan fingerprint density at radius 2 is 1.94 bits per heavy atom. The highest BCUT2D eigenvalue weighted by atomic mass is 32.2. The maximum atomic E-state index is 12.2. The minimum Gasteiger partial charge on any atom is -0.354 e. The normalized spacial score (nSPS) is 17.3. The zero-order chi connectivity index (χ0) is 13.2. The zero-order valence-electron chi connectivity index (χ0n) is 9.59. The minimum atomic E-state index is -3.62. The Morgan fingerprint density at radius 3 is 2.50 bits per heavy atom. The Balaban J connectivity index is 2.26. The number of anilines is 1. The lowest BCUT2D eigenvalue weighted by atomic mass is 10.3. The van der Waals surface area contributed by atoms with Crippen molar-refractivity contribution in [2.24, 2.45) is 5.84 Å². The van der Waals surface area contributed by atoms with Gasteiger partial charge < -0.3 is 10.7 Å². The van der Waals surface area contributed by atoms with Crippen LogP contribution in [-0.4, -0.2) is 38.3 Å². The van der Waals surface area contributed by atoms with Crippen LogP contribution < -0.4 is 16.6 Å². The van der Waals surface area contributed by atoms with Crippen LogP contribution in [0.4, 0.5) is 5.69 Å². The lowest BCUT2D eigenvalue weighted by Crippen LogP contribution is -2.49. The molecule has 2 rings (SSSR count). The monoisotopic (exact) mass is 270 g/mol. The van der Waals surface area contributed by atoms with Crippen LogP contribution in [0.5, 0.6) is 0 Å². The van der Waals surface area contributed by atoms with Crippen molar-refractivity contribution in [3.8, 4) is 0 Å². The first-order valence-corrected chi connectivity index (χ1v) is 6.81. The van der Waals surface area contributed by atoms with E-state index < -0.39 is 10.0 Å². The Labute approximate surface area is 105 Å². The molecule has 8 heteroatoms. The number of nitrogen functional groups attached to an aromatic ring is 1. The van der Waals surface area contributed by atoms with E-state index in [0.29, 0.717) is 12.2 Å². The summed E-state index contributed by atoms with van der Waals surface area (Å²) in [4.78, 5) is 11.4. The number of nitrogens with zero attached hydrogens (tertiary/aromatic N) is 1. The van der Waals surface area contributed by atoms with E-state index in [1.54, 1.807) is 12.1 Å². The fourth-order valence-electron chi connectivity index (χ4n) is 1.69. The molecule has 1 aromatic rings. The van der Waals surface area contributed by atoms with Gasteiger partial charge in [0.25, 0.3) is 0 Å². The molecule has 0 radical (unpaired) electrons. The standard InChI is InChI=1S/C10H14N4O3S/c11-13-8-1-3-9(4-2-8)18(16,17)14-6-5-12-10(15)7-14/h1-4,13H,5-7,11H2,(H,12,15). The van der Waals surface area contributed by atoms with Gasteiger partial charge in [-0.05, 0) is 24.3 Å². The van der Waals surface area contributed by atoms with Gasteiger partial charge in [-0.1, -0.05) is 0 Å².